The minimum atomic E-state index is -0.500. The van der Waals surface area contributed by atoms with Crippen LogP contribution in [0.1, 0.15) is 29.8 Å². The normalized spacial score (nSPS) is 15.6. The molecule has 0 bridgehead atoms. The number of nitrogens with zero attached hydrogens (tertiary/aromatic N) is 3. The topological polar surface area (TPSA) is 71.8 Å². The summed E-state index contributed by atoms with van der Waals surface area (Å²) in [6.07, 6.45) is 1.94. The second-order valence-electron chi connectivity index (χ2n) is 7.78. The van der Waals surface area contributed by atoms with Crippen LogP contribution in [0.2, 0.25) is 0 Å². The molecule has 0 amide bonds. The Balaban J connectivity index is 1.47. The van der Waals surface area contributed by atoms with Crippen LogP contribution in [-0.2, 0) is 13.1 Å². The summed E-state index contributed by atoms with van der Waals surface area (Å²) in [5.74, 6) is 1.36. The van der Waals surface area contributed by atoms with E-state index in [-0.39, 0.29) is 6.61 Å². The third kappa shape index (κ3) is 6.45. The van der Waals surface area contributed by atoms with Gasteiger partial charge in [0.25, 0.3) is 0 Å². The van der Waals surface area contributed by atoms with Crippen molar-refractivity contribution >= 4 is 0 Å². The van der Waals surface area contributed by atoms with Gasteiger partial charge in [-0.1, -0.05) is 6.07 Å². The molecule has 1 aliphatic rings. The highest BCUT2D eigenvalue weighted by molar-refractivity contribution is 5.43. The number of rotatable bonds is 11. The molecule has 1 unspecified atom stereocenters. The summed E-state index contributed by atoms with van der Waals surface area (Å²) in [5.41, 5.74) is 3.34. The highest BCUT2D eigenvalue weighted by Crippen LogP contribution is 2.28. The van der Waals surface area contributed by atoms with Gasteiger partial charge in [-0.25, -0.2) is 0 Å². The number of hydrogen-bond donors (Lipinski definition) is 2. The van der Waals surface area contributed by atoms with Crippen LogP contribution in [0.3, 0.4) is 0 Å². The van der Waals surface area contributed by atoms with Gasteiger partial charge in [0.05, 0.1) is 19.3 Å². The van der Waals surface area contributed by atoms with Gasteiger partial charge < -0.3 is 24.8 Å². The molecule has 0 spiro atoms. The zero-order valence-electron chi connectivity index (χ0n) is 17.9. The number of aliphatic hydroxyl groups is 1. The zero-order valence-corrected chi connectivity index (χ0v) is 17.9. The van der Waals surface area contributed by atoms with Gasteiger partial charge in [0.2, 0.25) is 0 Å². The van der Waals surface area contributed by atoms with Crippen LogP contribution < -0.4 is 14.8 Å². The molecular formula is C22H34N4O3. The molecular weight excluding hydrogens is 368 g/mol. The van der Waals surface area contributed by atoms with Gasteiger partial charge in [0.1, 0.15) is 12.7 Å². The number of β-amino-alcohol motifs (C(OH)–C–C–N with tert-alkyl or cyclic N) is 1. The first-order valence-electron chi connectivity index (χ1n) is 10.5. The van der Waals surface area contributed by atoms with E-state index in [1.54, 1.807) is 7.11 Å². The molecule has 2 heterocycles. The van der Waals surface area contributed by atoms with Crippen LogP contribution in [0.4, 0.5) is 0 Å². The molecule has 7 nitrogen and oxygen atoms in total. The predicted octanol–water partition coefficient (Wildman–Crippen LogP) is 2.13. The minimum Gasteiger partial charge on any atom is -0.493 e. The van der Waals surface area contributed by atoms with E-state index in [0.29, 0.717) is 18.0 Å². The summed E-state index contributed by atoms with van der Waals surface area (Å²) in [7, 11) is 1.63. The van der Waals surface area contributed by atoms with Crippen molar-refractivity contribution in [2.45, 2.75) is 45.9 Å². The van der Waals surface area contributed by atoms with Crippen molar-refractivity contribution in [1.29, 1.82) is 0 Å². The van der Waals surface area contributed by atoms with Crippen LogP contribution in [0.5, 0.6) is 11.5 Å². The van der Waals surface area contributed by atoms with Gasteiger partial charge in [-0.05, 0) is 63.5 Å². The lowest BCUT2D eigenvalue weighted by molar-refractivity contribution is 0.0746. The average Bonchev–Trinajstić information content (AvgIpc) is 3.32. The van der Waals surface area contributed by atoms with Crippen LogP contribution in [0, 0.1) is 13.8 Å². The van der Waals surface area contributed by atoms with E-state index in [4.69, 9.17) is 9.47 Å². The second kappa shape index (κ2) is 10.6. The molecule has 7 heteroatoms. The average molecular weight is 403 g/mol. The molecule has 0 saturated carbocycles. The fraction of sp³-hybridized carbons (Fsp3) is 0.591. The Morgan fingerprint density at radius 3 is 2.66 bits per heavy atom. The molecule has 160 valence electrons. The fourth-order valence-electron chi connectivity index (χ4n) is 3.76. The number of likely N-dealkylation sites (tertiary alicyclic amines) is 1. The van der Waals surface area contributed by atoms with Gasteiger partial charge in [-0.3, -0.25) is 4.68 Å². The Morgan fingerprint density at radius 1 is 1.17 bits per heavy atom. The van der Waals surface area contributed by atoms with E-state index >= 15 is 0 Å². The SMILES string of the molecule is COc1ccc(CNCCn2nc(C)cc2C)cc1OCC(O)CN1CCCC1. The molecule has 2 N–H and O–H groups in total. The molecule has 0 aliphatic carbocycles. The lowest BCUT2D eigenvalue weighted by Gasteiger charge is -2.20. The largest absolute Gasteiger partial charge is 0.493 e. The zero-order chi connectivity index (χ0) is 20.6. The highest BCUT2D eigenvalue weighted by Gasteiger charge is 2.17. The number of aryl methyl sites for hydroxylation is 2. The molecule has 1 fully saturated rings. The summed E-state index contributed by atoms with van der Waals surface area (Å²) >= 11 is 0. The molecule has 1 aliphatic heterocycles. The van der Waals surface area contributed by atoms with Crippen molar-refractivity contribution in [2.24, 2.45) is 0 Å². The Hall–Kier alpha value is -2.09. The maximum Gasteiger partial charge on any atom is 0.161 e. The summed E-state index contributed by atoms with van der Waals surface area (Å²) in [5, 5.41) is 18.2. The fourth-order valence-corrected chi connectivity index (χ4v) is 3.76. The Bertz CT molecular complexity index is 771. The third-order valence-electron chi connectivity index (χ3n) is 5.26. The number of hydrogen-bond acceptors (Lipinski definition) is 6. The van der Waals surface area contributed by atoms with Crippen LogP contribution >= 0.6 is 0 Å². The Kier molecular flexibility index (Phi) is 7.91. The van der Waals surface area contributed by atoms with Crippen molar-refractivity contribution in [2.75, 3.05) is 39.9 Å². The van der Waals surface area contributed by atoms with Crippen LogP contribution in [0.15, 0.2) is 24.3 Å². The molecule has 0 radical (unpaired) electrons. The van der Waals surface area contributed by atoms with Gasteiger partial charge in [0, 0.05) is 25.3 Å². The number of methoxy groups -OCH3 is 1. The molecule has 1 saturated heterocycles. The molecule has 1 aromatic heterocycles. The van der Waals surface area contributed by atoms with E-state index in [9.17, 15) is 5.11 Å². The Labute approximate surface area is 173 Å². The number of ether oxygens (including phenoxy) is 2. The molecule has 1 aromatic carbocycles. The van der Waals surface area contributed by atoms with Gasteiger partial charge in [-0.2, -0.15) is 5.10 Å². The van der Waals surface area contributed by atoms with Crippen molar-refractivity contribution < 1.29 is 14.6 Å². The number of aliphatic hydroxyl groups excluding tert-OH is 1. The third-order valence-corrected chi connectivity index (χ3v) is 5.26. The van der Waals surface area contributed by atoms with Gasteiger partial charge in [-0.15, -0.1) is 0 Å². The van der Waals surface area contributed by atoms with Crippen LogP contribution in [0.25, 0.3) is 0 Å². The van der Waals surface area contributed by atoms with E-state index in [2.05, 4.69) is 28.3 Å². The maximum atomic E-state index is 10.3. The smallest absolute Gasteiger partial charge is 0.161 e. The standard InChI is InChI=1S/C22H34N4O3/c1-17-12-18(2)26(24-17)11-8-23-14-19-6-7-21(28-3)22(13-19)29-16-20(27)15-25-9-4-5-10-25/h6-7,12-13,20,23,27H,4-5,8-11,14-16H2,1-3H3. The lowest BCUT2D eigenvalue weighted by Crippen LogP contribution is -2.33. The lowest BCUT2D eigenvalue weighted by atomic mass is 10.2. The first-order chi connectivity index (χ1) is 14.0. The molecule has 2 aromatic rings. The number of benzene rings is 1. The molecule has 1 atom stereocenters. The maximum absolute atomic E-state index is 10.3. The van der Waals surface area contributed by atoms with E-state index < -0.39 is 6.10 Å². The van der Waals surface area contributed by atoms with Crippen molar-refractivity contribution in [1.82, 2.24) is 20.0 Å². The predicted molar refractivity (Wildman–Crippen MR) is 114 cm³/mol. The Morgan fingerprint density at radius 2 is 1.97 bits per heavy atom. The summed E-state index contributed by atoms with van der Waals surface area (Å²) in [6, 6.07) is 8.02. The number of aromatic nitrogens is 2. The first kappa shape index (κ1) is 21.6. The highest BCUT2D eigenvalue weighted by atomic mass is 16.5. The summed E-state index contributed by atoms with van der Waals surface area (Å²) in [6.45, 7) is 9.55. The van der Waals surface area contributed by atoms with Crippen LogP contribution in [-0.4, -0.2) is 65.8 Å². The molecule has 29 heavy (non-hydrogen) atoms. The number of nitrogens with one attached hydrogen (secondary N) is 1. The molecule has 3 rings (SSSR count). The van der Waals surface area contributed by atoms with Crippen molar-refractivity contribution in [3.8, 4) is 11.5 Å². The monoisotopic (exact) mass is 402 g/mol. The van der Waals surface area contributed by atoms with Gasteiger partial charge >= 0.3 is 0 Å². The summed E-state index contributed by atoms with van der Waals surface area (Å²) < 4.78 is 13.3. The minimum absolute atomic E-state index is 0.266. The van der Waals surface area contributed by atoms with E-state index in [1.165, 1.54) is 18.5 Å². The van der Waals surface area contributed by atoms with Gasteiger partial charge in [0.15, 0.2) is 11.5 Å². The van der Waals surface area contributed by atoms with E-state index in [0.717, 1.165) is 44.0 Å². The quantitative estimate of drug-likeness (QED) is 0.561. The van der Waals surface area contributed by atoms with Crippen molar-refractivity contribution in [3.05, 3.63) is 41.2 Å². The summed E-state index contributed by atoms with van der Waals surface area (Å²) in [4.78, 5) is 2.29. The first-order valence-corrected chi connectivity index (χ1v) is 10.5. The van der Waals surface area contributed by atoms with E-state index in [1.807, 2.05) is 29.8 Å². The van der Waals surface area contributed by atoms with Crippen molar-refractivity contribution in [3.63, 3.8) is 0 Å². The second-order valence-corrected chi connectivity index (χ2v) is 7.78.